The molecule has 1 amide bonds. The summed E-state index contributed by atoms with van der Waals surface area (Å²) in [5, 5.41) is 18.6. The minimum absolute atomic E-state index is 0.0942. The number of pyridine rings is 1. The van der Waals surface area contributed by atoms with Crippen LogP contribution in [0.2, 0.25) is 5.02 Å². The highest BCUT2D eigenvalue weighted by Gasteiger charge is 2.39. The maximum Gasteiger partial charge on any atom is 0.416 e. The van der Waals surface area contributed by atoms with Crippen LogP contribution in [-0.4, -0.2) is 75.9 Å². The first-order valence-electron chi connectivity index (χ1n) is 12.3. The predicted molar refractivity (Wildman–Crippen MR) is 137 cm³/mol. The standard InChI is InChI=1S/C25H24ClF3N8O3/c1-34(11-15-4-5-15)23(39)21-18(3-2-10-30-21)37-14-31-20(32-37)13-36-24(40)35(12-19(38)25(27,28)29)22(33-36)16-6-8-17(26)9-7-16/h2-3,6-10,14-15,19,38H,4-5,11-13H2,1H3/t19-/m0/s1. The molecule has 5 rings (SSSR count). The number of carbonyl (C=O) groups is 1. The van der Waals surface area contributed by atoms with Crippen molar-refractivity contribution in [1.82, 2.24) is 39.0 Å². The van der Waals surface area contributed by atoms with Crippen molar-refractivity contribution in [2.24, 2.45) is 5.92 Å². The smallest absolute Gasteiger partial charge is 0.382 e. The molecule has 1 fully saturated rings. The molecule has 0 spiro atoms. The zero-order chi connectivity index (χ0) is 28.6. The monoisotopic (exact) mass is 576 g/mol. The zero-order valence-electron chi connectivity index (χ0n) is 21.2. The van der Waals surface area contributed by atoms with Gasteiger partial charge in [0.2, 0.25) is 0 Å². The van der Waals surface area contributed by atoms with Gasteiger partial charge in [-0.1, -0.05) is 11.6 Å². The van der Waals surface area contributed by atoms with E-state index in [1.165, 1.54) is 41.5 Å². The molecule has 3 heterocycles. The Kier molecular flexibility index (Phi) is 7.47. The molecule has 1 aromatic carbocycles. The Morgan fingerprint density at radius 3 is 2.58 bits per heavy atom. The van der Waals surface area contributed by atoms with E-state index in [1.54, 1.807) is 24.1 Å². The Morgan fingerprint density at radius 2 is 1.90 bits per heavy atom. The summed E-state index contributed by atoms with van der Waals surface area (Å²) in [5.74, 6) is 0.236. The van der Waals surface area contributed by atoms with E-state index in [2.05, 4.69) is 20.2 Å². The fraction of sp³-hybridized carbons (Fsp3) is 0.360. The van der Waals surface area contributed by atoms with Crippen LogP contribution in [0.5, 0.6) is 0 Å². The van der Waals surface area contributed by atoms with Gasteiger partial charge in [-0.15, -0.1) is 10.2 Å². The fourth-order valence-corrected chi connectivity index (χ4v) is 4.24. The number of aliphatic hydroxyl groups excluding tert-OH is 1. The molecule has 1 aliphatic rings. The molecule has 40 heavy (non-hydrogen) atoms. The van der Waals surface area contributed by atoms with Crippen LogP contribution >= 0.6 is 11.6 Å². The SMILES string of the molecule is CN(CC1CC1)C(=O)c1ncccc1-n1cnc(Cn2nc(-c3ccc(Cl)cc3)n(C[C@H](O)C(F)(F)F)c2=O)n1. The number of amides is 1. The Balaban J connectivity index is 1.44. The Hall–Kier alpha value is -4.04. The number of benzene rings is 1. The number of hydrogen-bond acceptors (Lipinski definition) is 7. The molecule has 1 saturated carbocycles. The summed E-state index contributed by atoms with van der Waals surface area (Å²) >= 11 is 5.92. The van der Waals surface area contributed by atoms with E-state index in [0.717, 1.165) is 22.1 Å². The van der Waals surface area contributed by atoms with Crippen LogP contribution in [0, 0.1) is 5.92 Å². The lowest BCUT2D eigenvalue weighted by Crippen LogP contribution is -2.37. The number of aromatic nitrogens is 7. The Labute approximate surface area is 230 Å². The van der Waals surface area contributed by atoms with E-state index in [1.807, 2.05) is 0 Å². The number of aliphatic hydroxyl groups is 1. The van der Waals surface area contributed by atoms with Crippen molar-refractivity contribution in [3.05, 3.63) is 75.9 Å². The molecule has 11 nitrogen and oxygen atoms in total. The Bertz CT molecular complexity index is 1580. The number of hydrogen-bond donors (Lipinski definition) is 1. The predicted octanol–water partition coefficient (Wildman–Crippen LogP) is 2.79. The fourth-order valence-electron chi connectivity index (χ4n) is 4.12. The van der Waals surface area contributed by atoms with Crippen LogP contribution in [0.3, 0.4) is 0 Å². The van der Waals surface area contributed by atoms with Gasteiger partial charge >= 0.3 is 11.9 Å². The minimum atomic E-state index is -4.94. The van der Waals surface area contributed by atoms with Crippen molar-refractivity contribution in [1.29, 1.82) is 0 Å². The van der Waals surface area contributed by atoms with E-state index >= 15 is 0 Å². The van der Waals surface area contributed by atoms with E-state index in [4.69, 9.17) is 11.6 Å². The highest BCUT2D eigenvalue weighted by Crippen LogP contribution is 2.30. The third-order valence-corrected chi connectivity index (χ3v) is 6.65. The lowest BCUT2D eigenvalue weighted by atomic mass is 10.2. The zero-order valence-corrected chi connectivity index (χ0v) is 21.9. The van der Waals surface area contributed by atoms with Gasteiger partial charge in [0, 0.05) is 30.4 Å². The van der Waals surface area contributed by atoms with Gasteiger partial charge in [-0.3, -0.25) is 9.36 Å². The molecular weight excluding hydrogens is 553 g/mol. The maximum absolute atomic E-state index is 13.1. The van der Waals surface area contributed by atoms with Gasteiger partial charge in [0.1, 0.15) is 12.9 Å². The van der Waals surface area contributed by atoms with Crippen molar-refractivity contribution < 1.29 is 23.1 Å². The van der Waals surface area contributed by atoms with E-state index in [-0.39, 0.29) is 29.8 Å². The largest absolute Gasteiger partial charge is 0.416 e. The average Bonchev–Trinajstić information content (AvgIpc) is 3.53. The molecule has 0 bridgehead atoms. The second kappa shape index (κ2) is 10.8. The first kappa shape index (κ1) is 27.5. The summed E-state index contributed by atoms with van der Waals surface area (Å²) in [4.78, 5) is 36.2. The lowest BCUT2D eigenvalue weighted by Gasteiger charge is -2.17. The van der Waals surface area contributed by atoms with E-state index < -0.39 is 24.5 Å². The van der Waals surface area contributed by atoms with Crippen LogP contribution < -0.4 is 5.69 Å². The summed E-state index contributed by atoms with van der Waals surface area (Å²) in [6, 6.07) is 9.30. The highest BCUT2D eigenvalue weighted by molar-refractivity contribution is 6.30. The minimum Gasteiger partial charge on any atom is -0.382 e. The van der Waals surface area contributed by atoms with E-state index in [9.17, 15) is 27.9 Å². The molecule has 0 radical (unpaired) electrons. The van der Waals surface area contributed by atoms with Gasteiger partial charge in [0.25, 0.3) is 5.91 Å². The summed E-state index contributed by atoms with van der Waals surface area (Å²) < 4.78 is 42.3. The second-order valence-electron chi connectivity index (χ2n) is 9.54. The van der Waals surface area contributed by atoms with Crippen LogP contribution in [0.4, 0.5) is 13.2 Å². The topological polar surface area (TPSA) is 124 Å². The number of nitrogens with zero attached hydrogens (tertiary/aromatic N) is 8. The summed E-state index contributed by atoms with van der Waals surface area (Å²) in [6.45, 7) is -0.716. The number of alkyl halides is 3. The van der Waals surface area contributed by atoms with Crippen molar-refractivity contribution in [2.75, 3.05) is 13.6 Å². The third kappa shape index (κ3) is 5.92. The average molecular weight is 577 g/mol. The molecule has 15 heteroatoms. The van der Waals surface area contributed by atoms with Crippen LogP contribution in [0.1, 0.15) is 29.2 Å². The van der Waals surface area contributed by atoms with Gasteiger partial charge < -0.3 is 10.0 Å². The van der Waals surface area contributed by atoms with Crippen molar-refractivity contribution >= 4 is 17.5 Å². The summed E-state index contributed by atoms with van der Waals surface area (Å²) in [6.07, 6.45) is -2.71. The summed E-state index contributed by atoms with van der Waals surface area (Å²) in [7, 11) is 1.71. The normalized spacial score (nSPS) is 14.3. The van der Waals surface area contributed by atoms with Crippen molar-refractivity contribution in [2.45, 2.75) is 38.2 Å². The third-order valence-electron chi connectivity index (χ3n) is 6.40. The molecule has 4 aromatic rings. The maximum atomic E-state index is 13.1. The molecule has 0 saturated heterocycles. The molecule has 1 N–H and O–H groups in total. The number of halogens is 4. The first-order valence-corrected chi connectivity index (χ1v) is 12.7. The van der Waals surface area contributed by atoms with E-state index in [0.29, 0.717) is 28.7 Å². The van der Waals surface area contributed by atoms with Crippen LogP contribution in [-0.2, 0) is 13.1 Å². The molecule has 1 aliphatic carbocycles. The van der Waals surface area contributed by atoms with Crippen molar-refractivity contribution in [3.8, 4) is 17.1 Å². The van der Waals surface area contributed by atoms with Gasteiger partial charge in [-0.2, -0.15) is 13.2 Å². The molecule has 1 atom stereocenters. The molecule has 210 valence electrons. The molecular formula is C25H24ClF3N8O3. The van der Waals surface area contributed by atoms with Gasteiger partial charge in [0.05, 0.1) is 12.2 Å². The molecule has 0 unspecified atom stereocenters. The first-order chi connectivity index (χ1) is 19.0. The molecule has 0 aliphatic heterocycles. The second-order valence-corrected chi connectivity index (χ2v) is 9.98. The van der Waals surface area contributed by atoms with Gasteiger partial charge in [0.15, 0.2) is 23.4 Å². The number of rotatable bonds is 9. The van der Waals surface area contributed by atoms with Crippen molar-refractivity contribution in [3.63, 3.8) is 0 Å². The Morgan fingerprint density at radius 1 is 1.18 bits per heavy atom. The van der Waals surface area contributed by atoms with Gasteiger partial charge in [-0.05, 0) is 55.2 Å². The number of carbonyl (C=O) groups excluding carboxylic acids is 1. The lowest BCUT2D eigenvalue weighted by molar-refractivity contribution is -0.207. The van der Waals surface area contributed by atoms with Crippen LogP contribution in [0.15, 0.2) is 53.7 Å². The summed E-state index contributed by atoms with van der Waals surface area (Å²) in [5.41, 5.74) is -0.0258. The highest BCUT2D eigenvalue weighted by atomic mass is 35.5. The van der Waals surface area contributed by atoms with Gasteiger partial charge in [-0.25, -0.2) is 24.1 Å². The quantitative estimate of drug-likeness (QED) is 0.325. The molecule has 3 aromatic heterocycles. The van der Waals surface area contributed by atoms with Crippen LogP contribution in [0.25, 0.3) is 17.1 Å².